The van der Waals surface area contributed by atoms with Crippen molar-refractivity contribution in [2.24, 2.45) is 4.99 Å². The molecule has 2 aromatic rings. The van der Waals surface area contributed by atoms with Gasteiger partial charge in [0.2, 0.25) is 0 Å². The molecule has 0 aromatic heterocycles. The number of rotatable bonds is 10. The van der Waals surface area contributed by atoms with Crippen molar-refractivity contribution in [2.75, 3.05) is 19.8 Å². The Bertz CT molecular complexity index is 915. The quantitative estimate of drug-likeness (QED) is 0.300. The molecule has 1 unspecified atom stereocenters. The van der Waals surface area contributed by atoms with Crippen molar-refractivity contribution in [3.63, 3.8) is 0 Å². The Labute approximate surface area is 190 Å². The molecule has 0 fully saturated rings. The maximum atomic E-state index is 6.22. The highest BCUT2D eigenvalue weighted by Gasteiger charge is 2.29. The first kappa shape index (κ1) is 21.6. The zero-order valence-electron chi connectivity index (χ0n) is 18.1. The summed E-state index contributed by atoms with van der Waals surface area (Å²) in [6.07, 6.45) is 7.88. The molecule has 0 spiro atoms. The molecule has 2 aliphatic rings. The van der Waals surface area contributed by atoms with Gasteiger partial charge in [0.05, 0.1) is 12.4 Å². The van der Waals surface area contributed by atoms with Crippen LogP contribution in [0.5, 0.6) is 11.5 Å². The van der Waals surface area contributed by atoms with Crippen molar-refractivity contribution in [3.05, 3.63) is 72.1 Å². The summed E-state index contributed by atoms with van der Waals surface area (Å²) in [6, 6.07) is 18.3. The second kappa shape index (κ2) is 10.6. The second-order valence-corrected chi connectivity index (χ2v) is 8.48. The number of nitrogens with one attached hydrogen (secondary N) is 1. The van der Waals surface area contributed by atoms with Crippen LogP contribution in [0.2, 0.25) is 0 Å². The van der Waals surface area contributed by atoms with Crippen molar-refractivity contribution in [1.82, 2.24) is 15.1 Å². The van der Waals surface area contributed by atoms with Crippen LogP contribution in [0.4, 0.5) is 0 Å². The number of hydrogen-bond acceptors (Lipinski definition) is 5. The van der Waals surface area contributed by atoms with Crippen molar-refractivity contribution in [2.45, 2.75) is 44.7 Å². The van der Waals surface area contributed by atoms with Crippen molar-refractivity contribution < 1.29 is 4.74 Å². The van der Waals surface area contributed by atoms with Gasteiger partial charge in [-0.3, -0.25) is 0 Å². The molecule has 1 N–H and O–H groups in total. The Morgan fingerprint density at radius 2 is 1.87 bits per heavy atom. The third-order valence-corrected chi connectivity index (χ3v) is 5.74. The van der Waals surface area contributed by atoms with E-state index in [0.717, 1.165) is 55.6 Å². The van der Waals surface area contributed by atoms with Crippen LogP contribution >= 0.6 is 11.6 Å². The van der Waals surface area contributed by atoms with E-state index in [-0.39, 0.29) is 5.62 Å². The lowest BCUT2D eigenvalue weighted by atomic mass is 10.1. The summed E-state index contributed by atoms with van der Waals surface area (Å²) in [5, 5.41) is 3.27. The zero-order valence-corrected chi connectivity index (χ0v) is 18.9. The molecule has 0 bridgehead atoms. The molecular formula is C25H31ClN4O. The molecule has 0 aliphatic carbocycles. The number of halogens is 1. The van der Waals surface area contributed by atoms with E-state index >= 15 is 0 Å². The van der Waals surface area contributed by atoms with Crippen LogP contribution in [0, 0.1) is 0 Å². The minimum atomic E-state index is -0.359. The van der Waals surface area contributed by atoms with Gasteiger partial charge in [-0.25, -0.2) is 4.99 Å². The minimum Gasteiger partial charge on any atom is -0.457 e. The fourth-order valence-electron chi connectivity index (χ4n) is 4.00. The van der Waals surface area contributed by atoms with Gasteiger partial charge < -0.3 is 19.9 Å². The number of ether oxygens (including phenoxy) is 1. The molecule has 0 saturated heterocycles. The van der Waals surface area contributed by atoms with Gasteiger partial charge in [0, 0.05) is 19.3 Å². The van der Waals surface area contributed by atoms with Crippen LogP contribution in [0.25, 0.3) is 0 Å². The molecule has 0 radical (unpaired) electrons. The molecule has 0 saturated carbocycles. The van der Waals surface area contributed by atoms with E-state index in [2.05, 4.69) is 51.4 Å². The lowest BCUT2D eigenvalue weighted by Gasteiger charge is -2.36. The van der Waals surface area contributed by atoms with Crippen molar-refractivity contribution in [3.8, 4) is 11.5 Å². The number of nitrogens with zero attached hydrogens (tertiary/aromatic N) is 3. The van der Waals surface area contributed by atoms with E-state index in [1.807, 2.05) is 36.4 Å². The summed E-state index contributed by atoms with van der Waals surface area (Å²) in [5.41, 5.74) is 1.98. The summed E-state index contributed by atoms with van der Waals surface area (Å²) in [6.45, 7) is 5.11. The number of alkyl halides is 1. The van der Waals surface area contributed by atoms with E-state index in [0.29, 0.717) is 0 Å². The average molecular weight is 439 g/mol. The standard InChI is InChI=1S/C25H31ClN4O/c1-2-3-7-16-30-19-29(18-23-24(30)28-25(26)27-23)15-9-11-20-10-8-14-22(17-20)31-21-12-5-4-6-13-21/h4-6,8,10,12-14,17-18,25,27H,2-3,7,9,11,15-16,19H2,1H3. The van der Waals surface area contributed by atoms with Crippen LogP contribution in [0.15, 0.2) is 71.5 Å². The molecule has 0 amide bonds. The second-order valence-electron chi connectivity index (χ2n) is 8.07. The maximum Gasteiger partial charge on any atom is 0.197 e. The number of fused-ring (bicyclic) bond motifs is 1. The number of amidine groups is 1. The first-order valence-corrected chi connectivity index (χ1v) is 11.7. The predicted octanol–water partition coefficient (Wildman–Crippen LogP) is 5.54. The molecule has 2 aliphatic heterocycles. The molecule has 1 atom stereocenters. The van der Waals surface area contributed by atoms with Crippen LogP contribution in [-0.4, -0.2) is 41.0 Å². The number of para-hydroxylation sites is 1. The third-order valence-electron chi connectivity index (χ3n) is 5.53. The van der Waals surface area contributed by atoms with Crippen LogP contribution in [-0.2, 0) is 6.42 Å². The number of benzene rings is 2. The molecule has 5 nitrogen and oxygen atoms in total. The Morgan fingerprint density at radius 3 is 2.71 bits per heavy atom. The van der Waals surface area contributed by atoms with E-state index in [4.69, 9.17) is 16.3 Å². The lowest BCUT2D eigenvalue weighted by molar-refractivity contribution is 0.230. The maximum absolute atomic E-state index is 6.22. The van der Waals surface area contributed by atoms with E-state index in [1.54, 1.807) is 0 Å². The van der Waals surface area contributed by atoms with Crippen LogP contribution < -0.4 is 10.1 Å². The van der Waals surface area contributed by atoms with Gasteiger partial charge in [0.25, 0.3) is 0 Å². The van der Waals surface area contributed by atoms with Gasteiger partial charge in [-0.2, -0.15) is 0 Å². The molecule has 2 aromatic carbocycles. The number of unbranched alkanes of at least 4 members (excludes halogenated alkanes) is 2. The largest absolute Gasteiger partial charge is 0.457 e. The highest BCUT2D eigenvalue weighted by Crippen LogP contribution is 2.23. The summed E-state index contributed by atoms with van der Waals surface area (Å²) in [7, 11) is 0. The van der Waals surface area contributed by atoms with Crippen LogP contribution in [0.3, 0.4) is 0 Å². The van der Waals surface area contributed by atoms with Crippen molar-refractivity contribution in [1.29, 1.82) is 0 Å². The fourth-order valence-corrected chi connectivity index (χ4v) is 4.21. The lowest BCUT2D eigenvalue weighted by Crippen LogP contribution is -2.45. The zero-order chi connectivity index (χ0) is 21.5. The van der Waals surface area contributed by atoms with Gasteiger partial charge in [-0.05, 0) is 49.1 Å². The molecule has 2 heterocycles. The van der Waals surface area contributed by atoms with Gasteiger partial charge in [0.1, 0.15) is 11.5 Å². The highest BCUT2D eigenvalue weighted by molar-refractivity contribution is 6.22. The summed E-state index contributed by atoms with van der Waals surface area (Å²) < 4.78 is 5.97. The molecule has 6 heteroatoms. The normalized spacial score (nSPS) is 17.7. The predicted molar refractivity (Wildman–Crippen MR) is 127 cm³/mol. The number of hydrogen-bond donors (Lipinski definition) is 1. The smallest absolute Gasteiger partial charge is 0.197 e. The monoisotopic (exact) mass is 438 g/mol. The highest BCUT2D eigenvalue weighted by atomic mass is 35.5. The van der Waals surface area contributed by atoms with Gasteiger partial charge in [-0.15, -0.1) is 0 Å². The molecular weight excluding hydrogens is 408 g/mol. The van der Waals surface area contributed by atoms with Gasteiger partial charge in [0.15, 0.2) is 11.5 Å². The Kier molecular flexibility index (Phi) is 7.36. The van der Waals surface area contributed by atoms with E-state index in [1.165, 1.54) is 24.8 Å². The average Bonchev–Trinajstić information content (AvgIpc) is 3.15. The SMILES string of the molecule is CCCCCN1CN(CCCc2cccc(Oc3ccccc3)c2)C=C2NC(Cl)N=C21. The van der Waals surface area contributed by atoms with E-state index < -0.39 is 0 Å². The first-order chi connectivity index (χ1) is 15.2. The van der Waals surface area contributed by atoms with Gasteiger partial charge >= 0.3 is 0 Å². The Hall–Kier alpha value is -2.66. The Morgan fingerprint density at radius 1 is 1.03 bits per heavy atom. The molecule has 31 heavy (non-hydrogen) atoms. The number of aliphatic imine (C=N–C) groups is 1. The third kappa shape index (κ3) is 5.95. The topological polar surface area (TPSA) is 40.1 Å². The van der Waals surface area contributed by atoms with Crippen LogP contribution in [0.1, 0.15) is 38.2 Å². The first-order valence-electron chi connectivity index (χ1n) is 11.2. The minimum absolute atomic E-state index is 0.359. The van der Waals surface area contributed by atoms with Crippen molar-refractivity contribution >= 4 is 17.4 Å². The molecule has 4 rings (SSSR count). The fraction of sp³-hybridized carbons (Fsp3) is 0.400. The Balaban J connectivity index is 1.32. The summed E-state index contributed by atoms with van der Waals surface area (Å²) in [4.78, 5) is 9.29. The number of aryl methyl sites for hydroxylation is 1. The van der Waals surface area contributed by atoms with E-state index in [9.17, 15) is 0 Å². The summed E-state index contributed by atoms with van der Waals surface area (Å²) >= 11 is 6.22. The molecule has 164 valence electrons. The van der Waals surface area contributed by atoms with Gasteiger partial charge in [-0.1, -0.05) is 61.7 Å². The summed E-state index contributed by atoms with van der Waals surface area (Å²) in [5.74, 6) is 2.76.